The molecule has 0 radical (unpaired) electrons. The number of sulfonamides is 1. The molecule has 20 heavy (non-hydrogen) atoms. The summed E-state index contributed by atoms with van der Waals surface area (Å²) in [5.74, 6) is 0. The van der Waals surface area contributed by atoms with Gasteiger partial charge in [0.25, 0.3) is 0 Å². The summed E-state index contributed by atoms with van der Waals surface area (Å²) in [6, 6.07) is 7.83. The first kappa shape index (κ1) is 16.9. The molecule has 1 aromatic carbocycles. The molecule has 0 aliphatic carbocycles. The highest BCUT2D eigenvalue weighted by atomic mass is 32.2. The van der Waals surface area contributed by atoms with Crippen LogP contribution in [0.4, 0.5) is 5.69 Å². The number of hydrogen-bond acceptors (Lipinski definition) is 4. The lowest BCUT2D eigenvalue weighted by molar-refractivity contribution is 0.274. The van der Waals surface area contributed by atoms with Crippen LogP contribution in [0.3, 0.4) is 0 Å². The fourth-order valence-electron chi connectivity index (χ4n) is 2.06. The smallest absolute Gasteiger partial charge is 0.229 e. The van der Waals surface area contributed by atoms with Crippen molar-refractivity contribution in [2.45, 2.75) is 38.8 Å². The maximum absolute atomic E-state index is 11.1. The Balaban J connectivity index is 2.59. The van der Waals surface area contributed by atoms with E-state index in [9.17, 15) is 8.42 Å². The van der Waals surface area contributed by atoms with Crippen LogP contribution in [-0.2, 0) is 10.0 Å². The number of benzene rings is 1. The van der Waals surface area contributed by atoms with Gasteiger partial charge in [0.2, 0.25) is 10.0 Å². The van der Waals surface area contributed by atoms with Gasteiger partial charge in [-0.15, -0.1) is 0 Å². The van der Waals surface area contributed by atoms with Crippen molar-refractivity contribution in [3.8, 4) is 0 Å². The van der Waals surface area contributed by atoms with Gasteiger partial charge in [-0.2, -0.15) is 0 Å². The van der Waals surface area contributed by atoms with Gasteiger partial charge in [-0.1, -0.05) is 12.1 Å². The normalized spacial score (nSPS) is 14.8. The Kier molecular flexibility index (Phi) is 6.45. The van der Waals surface area contributed by atoms with Crippen molar-refractivity contribution in [1.82, 2.24) is 5.32 Å². The molecular weight excluding hydrogens is 276 g/mol. The van der Waals surface area contributed by atoms with Gasteiger partial charge < -0.3 is 10.4 Å². The fourth-order valence-corrected chi connectivity index (χ4v) is 2.62. The van der Waals surface area contributed by atoms with E-state index in [1.165, 1.54) is 0 Å². The van der Waals surface area contributed by atoms with Gasteiger partial charge in [0.05, 0.1) is 6.26 Å². The minimum Gasteiger partial charge on any atom is -0.396 e. The van der Waals surface area contributed by atoms with E-state index in [0.717, 1.165) is 24.7 Å². The molecule has 0 bridgehead atoms. The van der Waals surface area contributed by atoms with Gasteiger partial charge in [0.1, 0.15) is 0 Å². The minimum atomic E-state index is -3.23. The SMILES string of the molecule is CC(CCCO)NC(C)c1ccc(NS(C)(=O)=O)cc1. The van der Waals surface area contributed by atoms with E-state index in [2.05, 4.69) is 23.9 Å². The van der Waals surface area contributed by atoms with Crippen molar-refractivity contribution in [1.29, 1.82) is 0 Å². The molecule has 0 saturated heterocycles. The number of rotatable bonds is 8. The van der Waals surface area contributed by atoms with E-state index in [0.29, 0.717) is 11.7 Å². The molecule has 1 aromatic rings. The average Bonchev–Trinajstić information content (AvgIpc) is 2.35. The van der Waals surface area contributed by atoms with Crippen LogP contribution in [0, 0.1) is 0 Å². The molecule has 1 rings (SSSR count). The van der Waals surface area contributed by atoms with E-state index < -0.39 is 10.0 Å². The highest BCUT2D eigenvalue weighted by Crippen LogP contribution is 2.17. The summed E-state index contributed by atoms with van der Waals surface area (Å²) in [6.07, 6.45) is 2.85. The Bertz CT molecular complexity index is 500. The van der Waals surface area contributed by atoms with Gasteiger partial charge in [-0.05, 0) is 44.4 Å². The molecule has 0 amide bonds. The number of nitrogens with one attached hydrogen (secondary N) is 2. The number of aliphatic hydroxyl groups excluding tert-OH is 1. The predicted octanol–water partition coefficient (Wildman–Crippen LogP) is 1.87. The van der Waals surface area contributed by atoms with Gasteiger partial charge in [-0.25, -0.2) is 8.42 Å². The first-order valence-electron chi connectivity index (χ1n) is 6.76. The monoisotopic (exact) mass is 300 g/mol. The summed E-state index contributed by atoms with van der Waals surface area (Å²) >= 11 is 0. The Morgan fingerprint density at radius 2 is 1.80 bits per heavy atom. The van der Waals surface area contributed by atoms with Crippen LogP contribution < -0.4 is 10.0 Å². The molecule has 6 heteroatoms. The highest BCUT2D eigenvalue weighted by Gasteiger charge is 2.09. The average molecular weight is 300 g/mol. The largest absolute Gasteiger partial charge is 0.396 e. The molecule has 3 N–H and O–H groups in total. The third-order valence-corrected chi connectivity index (χ3v) is 3.65. The zero-order chi connectivity index (χ0) is 15.2. The molecule has 5 nitrogen and oxygen atoms in total. The molecule has 114 valence electrons. The molecule has 0 fully saturated rings. The highest BCUT2D eigenvalue weighted by molar-refractivity contribution is 7.92. The van der Waals surface area contributed by atoms with Crippen LogP contribution in [-0.4, -0.2) is 32.4 Å². The maximum atomic E-state index is 11.1. The predicted molar refractivity (Wildman–Crippen MR) is 82.2 cm³/mol. The van der Waals surface area contributed by atoms with Crippen molar-refractivity contribution in [3.63, 3.8) is 0 Å². The summed E-state index contributed by atoms with van der Waals surface area (Å²) in [6.45, 7) is 4.37. The minimum absolute atomic E-state index is 0.177. The second-order valence-electron chi connectivity index (χ2n) is 5.15. The van der Waals surface area contributed by atoms with Crippen LogP contribution in [0.5, 0.6) is 0 Å². The third kappa shape index (κ3) is 6.36. The Morgan fingerprint density at radius 1 is 1.20 bits per heavy atom. The standard InChI is InChI=1S/C14H24N2O3S/c1-11(5-4-10-17)15-12(2)13-6-8-14(9-7-13)16-20(3,18)19/h6-9,11-12,15-17H,4-5,10H2,1-3H3. The zero-order valence-electron chi connectivity index (χ0n) is 12.3. The van der Waals surface area contributed by atoms with Crippen LogP contribution in [0.15, 0.2) is 24.3 Å². The van der Waals surface area contributed by atoms with E-state index in [1.54, 1.807) is 12.1 Å². The molecule has 2 atom stereocenters. The van der Waals surface area contributed by atoms with E-state index in [1.807, 2.05) is 12.1 Å². The third-order valence-electron chi connectivity index (χ3n) is 3.04. The second-order valence-corrected chi connectivity index (χ2v) is 6.90. The summed E-state index contributed by atoms with van der Waals surface area (Å²) in [7, 11) is -3.23. The molecule has 0 aliphatic heterocycles. The Labute approximate surface area is 121 Å². The molecule has 0 aromatic heterocycles. The lowest BCUT2D eigenvalue weighted by atomic mass is 10.1. The summed E-state index contributed by atoms with van der Waals surface area (Å²) in [4.78, 5) is 0. The summed E-state index contributed by atoms with van der Waals surface area (Å²) in [5, 5.41) is 12.3. The van der Waals surface area contributed by atoms with Crippen molar-refractivity contribution >= 4 is 15.7 Å². The number of anilines is 1. The van der Waals surface area contributed by atoms with Crippen LogP contribution in [0.2, 0.25) is 0 Å². The van der Waals surface area contributed by atoms with Gasteiger partial charge in [0, 0.05) is 24.4 Å². The topological polar surface area (TPSA) is 78.4 Å². The van der Waals surface area contributed by atoms with Crippen molar-refractivity contribution < 1.29 is 13.5 Å². The lowest BCUT2D eigenvalue weighted by Crippen LogP contribution is -2.29. The van der Waals surface area contributed by atoms with Gasteiger partial charge in [-0.3, -0.25) is 4.72 Å². The molecule has 2 unspecified atom stereocenters. The van der Waals surface area contributed by atoms with Crippen LogP contribution >= 0.6 is 0 Å². The molecule has 0 aliphatic rings. The lowest BCUT2D eigenvalue weighted by Gasteiger charge is -2.20. The molecular formula is C14H24N2O3S. The van der Waals surface area contributed by atoms with Crippen molar-refractivity contribution in [2.24, 2.45) is 0 Å². The first-order valence-corrected chi connectivity index (χ1v) is 8.65. The van der Waals surface area contributed by atoms with Crippen molar-refractivity contribution in [2.75, 3.05) is 17.6 Å². The van der Waals surface area contributed by atoms with Crippen LogP contribution in [0.25, 0.3) is 0 Å². The summed E-state index contributed by atoms with van der Waals surface area (Å²) in [5.41, 5.74) is 1.66. The quantitative estimate of drug-likeness (QED) is 0.685. The number of hydrogen-bond donors (Lipinski definition) is 3. The Morgan fingerprint density at radius 3 is 2.30 bits per heavy atom. The van der Waals surface area contributed by atoms with Crippen LogP contribution in [0.1, 0.15) is 38.3 Å². The number of aliphatic hydroxyl groups is 1. The van der Waals surface area contributed by atoms with Gasteiger partial charge >= 0.3 is 0 Å². The van der Waals surface area contributed by atoms with E-state index in [4.69, 9.17) is 5.11 Å². The van der Waals surface area contributed by atoms with E-state index in [-0.39, 0.29) is 12.6 Å². The fraction of sp³-hybridized carbons (Fsp3) is 0.571. The second kappa shape index (κ2) is 7.61. The molecule has 0 heterocycles. The van der Waals surface area contributed by atoms with E-state index >= 15 is 0 Å². The molecule has 0 spiro atoms. The molecule has 0 saturated carbocycles. The Hall–Kier alpha value is -1.11. The first-order chi connectivity index (χ1) is 9.31. The zero-order valence-corrected chi connectivity index (χ0v) is 13.1. The maximum Gasteiger partial charge on any atom is 0.229 e. The van der Waals surface area contributed by atoms with Crippen molar-refractivity contribution in [3.05, 3.63) is 29.8 Å². The summed E-state index contributed by atoms with van der Waals surface area (Å²) < 4.78 is 24.7. The van der Waals surface area contributed by atoms with Gasteiger partial charge in [0.15, 0.2) is 0 Å².